The van der Waals surface area contributed by atoms with Crippen molar-refractivity contribution in [3.05, 3.63) is 43.7 Å². The molecular formula is C9H5BrINO. The van der Waals surface area contributed by atoms with E-state index in [1.807, 2.05) is 24.3 Å². The van der Waals surface area contributed by atoms with E-state index in [1.54, 1.807) is 0 Å². The van der Waals surface area contributed by atoms with Gasteiger partial charge < -0.3 is 5.21 Å². The van der Waals surface area contributed by atoms with E-state index in [4.69, 9.17) is 0 Å². The molecule has 1 aromatic heterocycles. The number of benzene rings is 1. The highest BCUT2D eigenvalue weighted by Gasteiger charge is 2.05. The monoisotopic (exact) mass is 349 g/mol. The molecule has 0 saturated heterocycles. The summed E-state index contributed by atoms with van der Waals surface area (Å²) in [5.41, 5.74) is 0.704. The normalized spacial score (nSPS) is 10.6. The largest absolute Gasteiger partial charge is 0.618 e. The second-order valence-electron chi connectivity index (χ2n) is 2.69. The van der Waals surface area contributed by atoms with Crippen LogP contribution >= 0.6 is 38.5 Å². The number of fused-ring (bicyclic) bond motifs is 1. The maximum atomic E-state index is 11.4. The van der Waals surface area contributed by atoms with Crippen LogP contribution in [0.2, 0.25) is 0 Å². The Labute approximate surface area is 97.4 Å². The first-order valence-corrected chi connectivity index (χ1v) is 5.52. The second kappa shape index (κ2) is 3.42. The maximum Gasteiger partial charge on any atom is 0.224 e. The minimum atomic E-state index is 0.704. The summed E-state index contributed by atoms with van der Waals surface area (Å²) in [6.07, 6.45) is 1.51. The van der Waals surface area contributed by atoms with E-state index in [9.17, 15) is 5.21 Å². The zero-order valence-electron chi connectivity index (χ0n) is 6.50. The van der Waals surface area contributed by atoms with E-state index in [1.165, 1.54) is 6.20 Å². The maximum absolute atomic E-state index is 11.4. The molecule has 2 aromatic rings. The molecule has 0 fully saturated rings. The summed E-state index contributed by atoms with van der Waals surface area (Å²) >= 11 is 5.47. The minimum absolute atomic E-state index is 0.704. The Balaban J connectivity index is 2.87. The van der Waals surface area contributed by atoms with Crippen molar-refractivity contribution in [3.8, 4) is 0 Å². The first-order chi connectivity index (χ1) is 6.16. The molecule has 0 radical (unpaired) electrons. The van der Waals surface area contributed by atoms with Crippen molar-refractivity contribution >= 4 is 49.4 Å². The van der Waals surface area contributed by atoms with Gasteiger partial charge in [0.2, 0.25) is 5.52 Å². The molecule has 0 unspecified atom stereocenters. The number of rotatable bonds is 0. The van der Waals surface area contributed by atoms with Gasteiger partial charge in [-0.2, -0.15) is 4.73 Å². The molecular weight excluding hydrogens is 345 g/mol. The zero-order valence-corrected chi connectivity index (χ0v) is 10.2. The van der Waals surface area contributed by atoms with E-state index in [0.29, 0.717) is 5.52 Å². The average molecular weight is 350 g/mol. The fraction of sp³-hybridized carbons (Fsp3) is 0. The van der Waals surface area contributed by atoms with Crippen molar-refractivity contribution < 1.29 is 4.73 Å². The van der Waals surface area contributed by atoms with Crippen LogP contribution in [0.4, 0.5) is 0 Å². The Morgan fingerprint density at radius 3 is 2.85 bits per heavy atom. The highest BCUT2D eigenvalue weighted by atomic mass is 127. The van der Waals surface area contributed by atoms with Crippen LogP contribution in [0, 0.1) is 8.78 Å². The van der Waals surface area contributed by atoms with Crippen LogP contribution in [0.15, 0.2) is 34.9 Å². The van der Waals surface area contributed by atoms with Crippen LogP contribution in [0.5, 0.6) is 0 Å². The Bertz CT molecular complexity index is 472. The van der Waals surface area contributed by atoms with Gasteiger partial charge in [0.15, 0.2) is 6.20 Å². The molecule has 1 aromatic carbocycles. The predicted molar refractivity (Wildman–Crippen MR) is 63.3 cm³/mol. The molecule has 13 heavy (non-hydrogen) atoms. The summed E-state index contributed by atoms with van der Waals surface area (Å²) in [6.45, 7) is 0. The van der Waals surface area contributed by atoms with Crippen molar-refractivity contribution in [2.45, 2.75) is 0 Å². The molecule has 1 heterocycles. The Kier molecular flexibility index (Phi) is 2.42. The Morgan fingerprint density at radius 2 is 2.08 bits per heavy atom. The van der Waals surface area contributed by atoms with E-state index in [2.05, 4.69) is 38.5 Å². The molecule has 0 bridgehead atoms. The van der Waals surface area contributed by atoms with Gasteiger partial charge in [0.05, 0.1) is 4.47 Å². The average Bonchev–Trinajstić information content (AvgIpc) is 2.06. The third-order valence-corrected chi connectivity index (χ3v) is 2.87. The van der Waals surface area contributed by atoms with Crippen LogP contribution in [0.1, 0.15) is 0 Å². The number of hydrogen-bond acceptors (Lipinski definition) is 1. The van der Waals surface area contributed by atoms with E-state index in [-0.39, 0.29) is 0 Å². The third-order valence-electron chi connectivity index (χ3n) is 1.76. The summed E-state index contributed by atoms with van der Waals surface area (Å²) in [6, 6.07) is 7.72. The fourth-order valence-corrected chi connectivity index (χ4v) is 2.10. The summed E-state index contributed by atoms with van der Waals surface area (Å²) in [5.74, 6) is 0. The van der Waals surface area contributed by atoms with Crippen LogP contribution in [-0.4, -0.2) is 0 Å². The van der Waals surface area contributed by atoms with Crippen LogP contribution in [0.3, 0.4) is 0 Å². The van der Waals surface area contributed by atoms with E-state index < -0.39 is 0 Å². The number of hydrogen-bond donors (Lipinski definition) is 0. The van der Waals surface area contributed by atoms with Gasteiger partial charge in [-0.25, -0.2) is 0 Å². The Morgan fingerprint density at radius 1 is 1.31 bits per heavy atom. The quantitative estimate of drug-likeness (QED) is 0.408. The summed E-state index contributed by atoms with van der Waals surface area (Å²) in [5, 5.41) is 12.4. The highest BCUT2D eigenvalue weighted by Crippen LogP contribution is 2.17. The smallest absolute Gasteiger partial charge is 0.224 e. The number of pyridine rings is 1. The fourth-order valence-electron chi connectivity index (χ4n) is 1.20. The van der Waals surface area contributed by atoms with Gasteiger partial charge in [-0.3, -0.25) is 0 Å². The molecule has 4 heteroatoms. The van der Waals surface area contributed by atoms with Crippen LogP contribution in [0.25, 0.3) is 10.9 Å². The lowest BCUT2D eigenvalue weighted by molar-refractivity contribution is -0.577. The van der Waals surface area contributed by atoms with E-state index in [0.717, 1.165) is 18.2 Å². The van der Waals surface area contributed by atoms with Gasteiger partial charge in [-0.1, -0.05) is 0 Å². The SMILES string of the molecule is [O-][n+]1cc(Br)cc2ccc(I)cc21. The predicted octanol–water partition coefficient (Wildman–Crippen LogP) is 2.84. The molecule has 0 aliphatic rings. The standard InChI is InChI=1S/C9H5BrINO/c10-7-3-6-1-2-8(11)4-9(6)12(13)5-7/h1-5H. The van der Waals surface area contributed by atoms with Gasteiger partial charge in [0.1, 0.15) is 0 Å². The van der Waals surface area contributed by atoms with Crippen molar-refractivity contribution in [1.29, 1.82) is 0 Å². The van der Waals surface area contributed by atoms with Crippen molar-refractivity contribution in [2.75, 3.05) is 0 Å². The van der Waals surface area contributed by atoms with Gasteiger partial charge in [0, 0.05) is 15.0 Å². The lowest BCUT2D eigenvalue weighted by Crippen LogP contribution is -2.26. The molecule has 0 saturated carbocycles. The molecule has 0 aliphatic heterocycles. The van der Waals surface area contributed by atoms with Crippen molar-refractivity contribution in [2.24, 2.45) is 0 Å². The van der Waals surface area contributed by atoms with Crippen molar-refractivity contribution in [3.63, 3.8) is 0 Å². The molecule has 66 valence electrons. The topological polar surface area (TPSA) is 26.9 Å². The summed E-state index contributed by atoms with van der Waals surface area (Å²) in [7, 11) is 0. The van der Waals surface area contributed by atoms with Gasteiger partial charge >= 0.3 is 0 Å². The van der Waals surface area contributed by atoms with Crippen molar-refractivity contribution in [1.82, 2.24) is 0 Å². The Hall–Kier alpha value is -0.360. The first-order valence-electron chi connectivity index (χ1n) is 3.65. The molecule has 0 N–H and O–H groups in total. The highest BCUT2D eigenvalue weighted by molar-refractivity contribution is 14.1. The lowest BCUT2D eigenvalue weighted by atomic mass is 10.2. The summed E-state index contributed by atoms with van der Waals surface area (Å²) in [4.78, 5) is 0. The molecule has 0 aliphatic carbocycles. The number of halogens is 2. The van der Waals surface area contributed by atoms with Gasteiger partial charge in [-0.15, -0.1) is 0 Å². The number of nitrogens with zero attached hydrogens (tertiary/aromatic N) is 1. The first kappa shape index (κ1) is 9.21. The van der Waals surface area contributed by atoms with Crippen LogP contribution < -0.4 is 4.73 Å². The third kappa shape index (κ3) is 1.78. The molecule has 2 rings (SSSR count). The molecule has 2 nitrogen and oxygen atoms in total. The molecule has 0 spiro atoms. The van der Waals surface area contributed by atoms with Gasteiger partial charge in [-0.05, 0) is 56.7 Å². The molecule has 0 amide bonds. The number of aromatic nitrogens is 1. The lowest BCUT2D eigenvalue weighted by Gasteiger charge is -2.02. The van der Waals surface area contributed by atoms with Crippen LogP contribution in [-0.2, 0) is 0 Å². The summed E-state index contributed by atoms with van der Waals surface area (Å²) < 4.78 is 2.75. The second-order valence-corrected chi connectivity index (χ2v) is 4.85. The molecule has 0 atom stereocenters. The minimum Gasteiger partial charge on any atom is -0.618 e. The van der Waals surface area contributed by atoms with Gasteiger partial charge in [0.25, 0.3) is 0 Å². The zero-order chi connectivity index (χ0) is 9.42. The van der Waals surface area contributed by atoms with E-state index >= 15 is 0 Å².